The molecule has 2 aromatic rings. The summed E-state index contributed by atoms with van der Waals surface area (Å²) in [4.78, 5) is 28.3. The van der Waals surface area contributed by atoms with E-state index < -0.39 is 0 Å². The van der Waals surface area contributed by atoms with Crippen molar-refractivity contribution in [2.45, 2.75) is 78.7 Å². The zero-order chi connectivity index (χ0) is 28.5. The Labute approximate surface area is 232 Å². The van der Waals surface area contributed by atoms with E-state index in [0.717, 1.165) is 47.6 Å². The molecule has 2 aromatic carbocycles. The Balaban J connectivity index is 1.77. The van der Waals surface area contributed by atoms with Crippen LogP contribution in [0, 0.1) is 0 Å². The average Bonchev–Trinajstić information content (AvgIpc) is 3.63. The van der Waals surface area contributed by atoms with Crippen LogP contribution in [-0.4, -0.2) is 43.5 Å². The van der Waals surface area contributed by atoms with E-state index in [-0.39, 0.29) is 29.2 Å². The molecule has 0 radical (unpaired) electrons. The molecule has 0 atom stereocenters. The molecule has 0 unspecified atom stereocenters. The van der Waals surface area contributed by atoms with Crippen LogP contribution in [0.4, 0.5) is 5.69 Å². The van der Waals surface area contributed by atoms with Crippen LogP contribution in [0.5, 0.6) is 17.2 Å². The number of allylic oxidation sites excluding steroid dienone is 1. The highest BCUT2D eigenvalue weighted by Gasteiger charge is 2.56. The molecule has 1 spiro atoms. The Morgan fingerprint density at radius 3 is 2.18 bits per heavy atom. The van der Waals surface area contributed by atoms with Gasteiger partial charge in [0.05, 0.1) is 38.1 Å². The van der Waals surface area contributed by atoms with Crippen LogP contribution < -0.4 is 19.5 Å². The Hall–Kier alpha value is -3.48. The van der Waals surface area contributed by atoms with Gasteiger partial charge < -0.3 is 24.4 Å². The number of carbonyl (C=O) groups is 2. The predicted octanol–water partition coefficient (Wildman–Crippen LogP) is 6.69. The summed E-state index contributed by atoms with van der Waals surface area (Å²) in [5.41, 5.74) is 4.79. The van der Waals surface area contributed by atoms with Gasteiger partial charge in [-0.05, 0) is 68.4 Å². The van der Waals surface area contributed by atoms with Crippen LogP contribution in [0.3, 0.4) is 0 Å². The molecular formula is C32H42N2O5. The number of ketones is 1. The minimum Gasteiger partial charge on any atom is -0.494 e. The summed E-state index contributed by atoms with van der Waals surface area (Å²) in [6, 6.07) is 7.85. The molecule has 1 aliphatic heterocycles. The molecule has 0 saturated heterocycles. The Morgan fingerprint density at radius 1 is 1.03 bits per heavy atom. The third-order valence-corrected chi connectivity index (χ3v) is 7.42. The average molecular weight is 535 g/mol. The Morgan fingerprint density at radius 2 is 1.67 bits per heavy atom. The highest BCUT2D eigenvalue weighted by molar-refractivity contribution is 6.02. The number of ether oxygens (including phenoxy) is 3. The number of carbonyl (C=O) groups excluding carboxylic acids is 2. The van der Waals surface area contributed by atoms with Gasteiger partial charge in [0.1, 0.15) is 5.75 Å². The highest BCUT2D eigenvalue weighted by atomic mass is 16.5. The molecule has 7 heteroatoms. The number of Topliss-reactive ketones (excluding diaryl/α,β-unsaturated/α-hetero) is 1. The fraction of sp³-hybridized carbons (Fsp3) is 0.500. The summed E-state index contributed by atoms with van der Waals surface area (Å²) >= 11 is 0. The van der Waals surface area contributed by atoms with Crippen molar-refractivity contribution in [3.05, 3.63) is 52.6 Å². The van der Waals surface area contributed by atoms with Crippen LogP contribution in [0.15, 0.2) is 30.3 Å². The first-order valence-corrected chi connectivity index (χ1v) is 14.0. The Bertz CT molecular complexity index is 1300. The van der Waals surface area contributed by atoms with Crippen LogP contribution in [-0.2, 0) is 15.7 Å². The summed E-state index contributed by atoms with van der Waals surface area (Å²) in [5, 5.41) is 2.86. The van der Waals surface area contributed by atoms with E-state index in [9.17, 15) is 9.59 Å². The van der Waals surface area contributed by atoms with Gasteiger partial charge in [0.2, 0.25) is 5.91 Å². The number of benzene rings is 2. The van der Waals surface area contributed by atoms with Crippen LogP contribution >= 0.6 is 0 Å². The molecule has 2 aliphatic rings. The van der Waals surface area contributed by atoms with E-state index >= 15 is 0 Å². The number of fused-ring (bicyclic) bond motifs is 2. The van der Waals surface area contributed by atoms with Gasteiger partial charge in [-0.25, -0.2) is 0 Å². The number of hydrogen-bond donors (Lipinski definition) is 1. The quantitative estimate of drug-likeness (QED) is 0.342. The maximum absolute atomic E-state index is 14.0. The topological polar surface area (TPSA) is 77.1 Å². The summed E-state index contributed by atoms with van der Waals surface area (Å²) in [5.74, 6) is 1.84. The number of rotatable bonds is 10. The molecule has 1 saturated carbocycles. The first-order chi connectivity index (χ1) is 18.5. The normalized spacial score (nSPS) is 16.3. The second-order valence-corrected chi connectivity index (χ2v) is 11.3. The number of nitrogens with zero attached hydrogens (tertiary/aromatic N) is 1. The van der Waals surface area contributed by atoms with Crippen molar-refractivity contribution in [2.24, 2.45) is 0 Å². The summed E-state index contributed by atoms with van der Waals surface area (Å²) < 4.78 is 17.6. The summed E-state index contributed by atoms with van der Waals surface area (Å²) in [7, 11) is 1.59. The highest BCUT2D eigenvalue weighted by Crippen LogP contribution is 2.61. The van der Waals surface area contributed by atoms with E-state index in [2.05, 4.69) is 56.1 Å². The third-order valence-electron chi connectivity index (χ3n) is 7.42. The van der Waals surface area contributed by atoms with Crippen molar-refractivity contribution in [3.63, 3.8) is 0 Å². The maximum atomic E-state index is 14.0. The van der Waals surface area contributed by atoms with E-state index in [1.807, 2.05) is 19.9 Å². The smallest absolute Gasteiger partial charge is 0.221 e. The van der Waals surface area contributed by atoms with E-state index in [1.54, 1.807) is 13.2 Å². The number of anilines is 1. The van der Waals surface area contributed by atoms with Gasteiger partial charge in [0, 0.05) is 29.3 Å². The number of hydrogen-bond acceptors (Lipinski definition) is 6. The van der Waals surface area contributed by atoms with E-state index in [1.165, 1.54) is 12.5 Å². The molecule has 1 aliphatic carbocycles. The molecule has 0 aromatic heterocycles. The molecule has 7 nitrogen and oxygen atoms in total. The van der Waals surface area contributed by atoms with Gasteiger partial charge >= 0.3 is 0 Å². The lowest BCUT2D eigenvalue weighted by molar-refractivity contribution is -0.114. The zero-order valence-electron chi connectivity index (χ0n) is 24.6. The molecule has 1 N–H and O–H groups in total. The second kappa shape index (κ2) is 10.9. The summed E-state index contributed by atoms with van der Waals surface area (Å²) in [6.45, 7) is 15.0. The predicted molar refractivity (Wildman–Crippen MR) is 155 cm³/mol. The number of nitrogens with one attached hydrogen (secondary N) is 1. The van der Waals surface area contributed by atoms with Gasteiger partial charge in [-0.3, -0.25) is 9.59 Å². The minimum atomic E-state index is -0.297. The molecule has 4 rings (SSSR count). The molecule has 0 bridgehead atoms. The lowest BCUT2D eigenvalue weighted by atomic mass is 9.84. The first-order valence-electron chi connectivity index (χ1n) is 14.0. The first kappa shape index (κ1) is 28.5. The maximum Gasteiger partial charge on any atom is 0.221 e. The molecule has 210 valence electrons. The monoisotopic (exact) mass is 534 g/mol. The minimum absolute atomic E-state index is 0.00842. The van der Waals surface area contributed by atoms with Crippen LogP contribution in [0.2, 0.25) is 0 Å². The van der Waals surface area contributed by atoms with Crippen LogP contribution in [0.1, 0.15) is 94.8 Å². The van der Waals surface area contributed by atoms with Crippen molar-refractivity contribution >= 4 is 23.1 Å². The zero-order valence-corrected chi connectivity index (χ0v) is 24.6. The van der Waals surface area contributed by atoms with Gasteiger partial charge in [0.25, 0.3) is 0 Å². The fourth-order valence-electron chi connectivity index (χ4n) is 5.61. The van der Waals surface area contributed by atoms with Crippen molar-refractivity contribution < 1.29 is 23.8 Å². The largest absolute Gasteiger partial charge is 0.494 e. The van der Waals surface area contributed by atoms with E-state index in [4.69, 9.17) is 14.2 Å². The van der Waals surface area contributed by atoms with E-state index in [0.29, 0.717) is 30.2 Å². The van der Waals surface area contributed by atoms with Crippen molar-refractivity contribution in [2.75, 3.05) is 32.2 Å². The van der Waals surface area contributed by atoms with Gasteiger partial charge in [-0.15, -0.1) is 0 Å². The second-order valence-electron chi connectivity index (χ2n) is 11.3. The Kier molecular flexibility index (Phi) is 8.01. The molecular weight excluding hydrogens is 492 g/mol. The van der Waals surface area contributed by atoms with Crippen molar-refractivity contribution in [1.29, 1.82) is 0 Å². The number of methoxy groups -OCH3 is 1. The van der Waals surface area contributed by atoms with Gasteiger partial charge in [0.15, 0.2) is 17.3 Å². The SMILES string of the molecule is CCC=C1c2cc(OCC)c(OCC)cc2C2(CC2)N1CC(=O)c1cc(NC(C)=O)c(OC)c(C(C)(C)C)c1. The van der Waals surface area contributed by atoms with Gasteiger partial charge in [-0.2, -0.15) is 0 Å². The molecule has 1 amide bonds. The fourth-order valence-corrected chi connectivity index (χ4v) is 5.61. The summed E-state index contributed by atoms with van der Waals surface area (Å²) in [6.07, 6.45) is 4.99. The molecule has 1 fully saturated rings. The van der Waals surface area contributed by atoms with Gasteiger partial charge in [-0.1, -0.05) is 33.8 Å². The number of amides is 1. The third kappa shape index (κ3) is 5.36. The van der Waals surface area contributed by atoms with Crippen molar-refractivity contribution in [3.8, 4) is 17.2 Å². The lowest BCUT2D eigenvalue weighted by Crippen LogP contribution is -2.33. The molecule has 39 heavy (non-hydrogen) atoms. The standard InChI is InChI=1S/C32H42N2O5/c1-9-12-26-22-17-28(38-10-2)29(39-11-3)18-23(22)32(13-14-32)34(26)19-27(36)21-15-24(31(5,6)7)30(37-8)25(16-21)33-20(4)35/h12,15-18H,9-11,13-14,19H2,1-8H3,(H,33,35). The lowest BCUT2D eigenvalue weighted by Gasteiger charge is -2.29. The van der Waals surface area contributed by atoms with Crippen molar-refractivity contribution in [1.82, 2.24) is 4.90 Å². The molecule has 1 heterocycles. The van der Waals surface area contributed by atoms with Crippen LogP contribution in [0.25, 0.3) is 5.70 Å².